The average Bonchev–Trinajstić information content (AvgIpc) is 3.36. The van der Waals surface area contributed by atoms with Gasteiger partial charge in [0.15, 0.2) is 0 Å². The maximum Gasteiger partial charge on any atom is 0.305 e. The lowest BCUT2D eigenvalue weighted by molar-refractivity contribution is -0.143. The highest BCUT2D eigenvalue weighted by atomic mass is 16.5. The minimum absolute atomic E-state index is 0.00304. The van der Waals surface area contributed by atoms with Gasteiger partial charge in [-0.3, -0.25) is 9.59 Å². The number of carbonyl (C=O) groups excluding carboxylic acids is 2. The number of hydrogen-bond acceptors (Lipinski definition) is 5. The highest BCUT2D eigenvalue weighted by Crippen LogP contribution is 2.17. The van der Waals surface area contributed by atoms with Gasteiger partial charge in [0.2, 0.25) is 5.91 Å². The maximum atomic E-state index is 12.5. The molecule has 2 unspecified atom stereocenters. The summed E-state index contributed by atoms with van der Waals surface area (Å²) in [6, 6.07) is -0.632. The van der Waals surface area contributed by atoms with Crippen molar-refractivity contribution in [1.29, 1.82) is 0 Å². The van der Waals surface area contributed by atoms with Gasteiger partial charge in [0, 0.05) is 12.8 Å². The second kappa shape index (κ2) is 59.6. The Balaban J connectivity index is 3.43. The molecule has 0 rings (SSSR count). The molecule has 0 aromatic rings. The third kappa shape index (κ3) is 55.4. The molecular weight excluding hydrogens is 863 g/mol. The Bertz CT molecular complexity index is 1130. The molecule has 0 aromatic heterocycles. The summed E-state index contributed by atoms with van der Waals surface area (Å²) >= 11 is 0. The van der Waals surface area contributed by atoms with Gasteiger partial charge in [-0.25, -0.2) is 0 Å². The number of aliphatic hydroxyl groups excluding tert-OH is 2. The summed E-state index contributed by atoms with van der Waals surface area (Å²) in [7, 11) is 0. The fourth-order valence-electron chi connectivity index (χ4n) is 9.57. The van der Waals surface area contributed by atoms with Crippen LogP contribution in [0.15, 0.2) is 36.5 Å². The summed E-state index contributed by atoms with van der Waals surface area (Å²) in [5.41, 5.74) is 0. The molecule has 0 saturated heterocycles. The summed E-state index contributed by atoms with van der Waals surface area (Å²) in [6.07, 6.45) is 74.7. The molecule has 0 radical (unpaired) electrons. The molecule has 0 bridgehead atoms. The van der Waals surface area contributed by atoms with E-state index in [9.17, 15) is 19.8 Å². The van der Waals surface area contributed by atoms with Crippen LogP contribution < -0.4 is 5.32 Å². The van der Waals surface area contributed by atoms with Crippen molar-refractivity contribution in [2.24, 2.45) is 0 Å². The molecule has 0 aromatic carbocycles. The van der Waals surface area contributed by atoms with Gasteiger partial charge in [-0.05, 0) is 83.5 Å². The average molecular weight is 985 g/mol. The van der Waals surface area contributed by atoms with E-state index in [4.69, 9.17) is 4.74 Å². The quantitative estimate of drug-likeness (QED) is 0.0321. The first-order valence-corrected chi connectivity index (χ1v) is 31.3. The van der Waals surface area contributed by atoms with Crippen LogP contribution in [0.5, 0.6) is 0 Å². The van der Waals surface area contributed by atoms with Gasteiger partial charge in [0.1, 0.15) is 0 Å². The molecule has 412 valence electrons. The van der Waals surface area contributed by atoms with Crippen LogP contribution in [0.3, 0.4) is 0 Å². The van der Waals surface area contributed by atoms with E-state index in [1.807, 2.05) is 6.08 Å². The van der Waals surface area contributed by atoms with Gasteiger partial charge in [0.05, 0.1) is 25.4 Å². The molecule has 6 heteroatoms. The monoisotopic (exact) mass is 984 g/mol. The van der Waals surface area contributed by atoms with Crippen molar-refractivity contribution in [2.45, 2.75) is 347 Å². The van der Waals surface area contributed by atoms with Gasteiger partial charge in [0.25, 0.3) is 0 Å². The van der Waals surface area contributed by atoms with Crippen LogP contribution in [0.1, 0.15) is 335 Å². The molecule has 0 aliphatic rings. The van der Waals surface area contributed by atoms with Gasteiger partial charge in [-0.1, -0.05) is 275 Å². The summed E-state index contributed by atoms with van der Waals surface area (Å²) in [5.74, 6) is -0.0703. The Morgan fingerprint density at radius 3 is 1.01 bits per heavy atom. The third-order valence-corrected chi connectivity index (χ3v) is 14.4. The van der Waals surface area contributed by atoms with Gasteiger partial charge in [-0.2, -0.15) is 0 Å². The lowest BCUT2D eigenvalue weighted by Crippen LogP contribution is -2.45. The van der Waals surface area contributed by atoms with Crippen molar-refractivity contribution in [3.8, 4) is 0 Å². The first-order chi connectivity index (χ1) is 34.5. The van der Waals surface area contributed by atoms with E-state index in [2.05, 4.69) is 43.5 Å². The molecule has 3 N–H and O–H groups in total. The standard InChI is InChI=1S/C64H121NO5/c1-3-5-7-9-11-13-15-17-28-32-36-40-44-48-52-56-62(67)61(60-66)65-63(68)57-53-49-45-41-37-33-30-26-24-22-20-19-21-23-25-27-31-35-39-43-47-51-55-59-70-64(69)58-54-50-46-42-38-34-29-18-16-14-12-10-8-6-4-2/h18,22,24,29,52,56,61-62,66-67H,3-17,19-21,23,25-28,30-51,53-55,57-60H2,1-2H3,(H,65,68)/b24-22-,29-18-,56-52+. The molecule has 0 fully saturated rings. The van der Waals surface area contributed by atoms with Crippen LogP contribution in [0.4, 0.5) is 0 Å². The summed E-state index contributed by atoms with van der Waals surface area (Å²) in [4.78, 5) is 24.5. The number of rotatable bonds is 58. The van der Waals surface area contributed by atoms with Crippen molar-refractivity contribution < 1.29 is 24.5 Å². The second-order valence-electron chi connectivity index (χ2n) is 21.4. The molecule has 2 atom stereocenters. The fourth-order valence-corrected chi connectivity index (χ4v) is 9.57. The number of hydrogen-bond donors (Lipinski definition) is 3. The Hall–Kier alpha value is -1.92. The number of esters is 1. The molecule has 0 aliphatic heterocycles. The topological polar surface area (TPSA) is 95.9 Å². The number of aliphatic hydroxyl groups is 2. The van der Waals surface area contributed by atoms with Gasteiger partial charge in [-0.15, -0.1) is 0 Å². The molecule has 70 heavy (non-hydrogen) atoms. The SMILES string of the molecule is CCCCCCCC/C=C\CCCCCCCC(=O)OCCCCCCCCCCCCCC/C=C\CCCCCCCCCC(=O)NC(CO)C(O)/C=C/CCCCCCCCCCCCCCC. The molecule has 0 aliphatic carbocycles. The van der Waals surface area contributed by atoms with E-state index in [-0.39, 0.29) is 18.5 Å². The fraction of sp³-hybridized carbons (Fsp3) is 0.875. The third-order valence-electron chi connectivity index (χ3n) is 14.4. The normalized spacial score (nSPS) is 12.8. The van der Waals surface area contributed by atoms with Gasteiger partial charge >= 0.3 is 5.97 Å². The maximum absolute atomic E-state index is 12.5. The molecule has 0 spiro atoms. The largest absolute Gasteiger partial charge is 0.466 e. The van der Waals surface area contributed by atoms with Crippen LogP contribution in [-0.4, -0.2) is 47.4 Å². The number of unbranched alkanes of at least 4 members (excludes halogenated alkanes) is 43. The zero-order valence-electron chi connectivity index (χ0n) is 47.0. The zero-order chi connectivity index (χ0) is 50.7. The smallest absolute Gasteiger partial charge is 0.305 e. The predicted molar refractivity (Wildman–Crippen MR) is 306 cm³/mol. The summed E-state index contributed by atoms with van der Waals surface area (Å²) < 4.78 is 5.48. The van der Waals surface area contributed by atoms with Crippen molar-refractivity contribution in [1.82, 2.24) is 5.32 Å². The number of amides is 1. The Labute approximate surface area is 436 Å². The minimum Gasteiger partial charge on any atom is -0.466 e. The summed E-state index contributed by atoms with van der Waals surface area (Å²) in [6.45, 7) is 4.90. The van der Waals surface area contributed by atoms with E-state index in [0.29, 0.717) is 19.4 Å². The summed E-state index contributed by atoms with van der Waals surface area (Å²) in [5, 5.41) is 23.1. The predicted octanol–water partition coefficient (Wildman–Crippen LogP) is 19.6. The van der Waals surface area contributed by atoms with Crippen molar-refractivity contribution >= 4 is 11.9 Å². The number of ether oxygens (including phenoxy) is 1. The lowest BCUT2D eigenvalue weighted by atomic mass is 10.0. The Morgan fingerprint density at radius 1 is 0.386 bits per heavy atom. The highest BCUT2D eigenvalue weighted by Gasteiger charge is 2.18. The van der Waals surface area contributed by atoms with Crippen LogP contribution in [0.2, 0.25) is 0 Å². The number of carbonyl (C=O) groups is 2. The lowest BCUT2D eigenvalue weighted by Gasteiger charge is -2.20. The van der Waals surface area contributed by atoms with E-state index >= 15 is 0 Å². The molecule has 0 heterocycles. The highest BCUT2D eigenvalue weighted by molar-refractivity contribution is 5.76. The van der Waals surface area contributed by atoms with E-state index < -0.39 is 12.1 Å². The van der Waals surface area contributed by atoms with Crippen LogP contribution in [0, 0.1) is 0 Å². The Morgan fingerprint density at radius 2 is 0.671 bits per heavy atom. The van der Waals surface area contributed by atoms with Crippen molar-refractivity contribution in [2.75, 3.05) is 13.2 Å². The second-order valence-corrected chi connectivity index (χ2v) is 21.4. The van der Waals surface area contributed by atoms with Crippen LogP contribution >= 0.6 is 0 Å². The first-order valence-electron chi connectivity index (χ1n) is 31.3. The molecule has 1 amide bonds. The van der Waals surface area contributed by atoms with E-state index in [1.54, 1.807) is 6.08 Å². The van der Waals surface area contributed by atoms with Crippen LogP contribution in [0.25, 0.3) is 0 Å². The number of nitrogens with one attached hydrogen (secondary N) is 1. The Kier molecular flexibility index (Phi) is 58.0. The molecule has 6 nitrogen and oxygen atoms in total. The van der Waals surface area contributed by atoms with Crippen molar-refractivity contribution in [3.63, 3.8) is 0 Å². The zero-order valence-corrected chi connectivity index (χ0v) is 47.0. The number of allylic oxidation sites excluding steroid dienone is 5. The first kappa shape index (κ1) is 68.1. The van der Waals surface area contributed by atoms with E-state index in [0.717, 1.165) is 51.4 Å². The van der Waals surface area contributed by atoms with Gasteiger partial charge < -0.3 is 20.3 Å². The molecule has 0 saturated carbocycles. The van der Waals surface area contributed by atoms with Crippen molar-refractivity contribution in [3.05, 3.63) is 36.5 Å². The minimum atomic E-state index is -0.848. The molecular formula is C64H121NO5. The van der Waals surface area contributed by atoms with E-state index in [1.165, 1.54) is 257 Å². The van der Waals surface area contributed by atoms with Crippen LogP contribution in [-0.2, 0) is 14.3 Å².